The van der Waals surface area contributed by atoms with Crippen molar-refractivity contribution in [3.63, 3.8) is 0 Å². The lowest BCUT2D eigenvalue weighted by atomic mass is 10.2. The van der Waals surface area contributed by atoms with Gasteiger partial charge in [-0.1, -0.05) is 24.3 Å². The Hall–Kier alpha value is -4.35. The molecule has 5 aromatic rings. The number of hydrogen-bond acceptors (Lipinski definition) is 8. The zero-order chi connectivity index (χ0) is 24.6. The summed E-state index contributed by atoms with van der Waals surface area (Å²) in [5.74, 6) is 1.24. The maximum absolute atomic E-state index is 12.2. The van der Waals surface area contributed by atoms with Crippen molar-refractivity contribution in [3.05, 3.63) is 77.7 Å². The zero-order valence-electron chi connectivity index (χ0n) is 18.7. The van der Waals surface area contributed by atoms with Crippen LogP contribution in [0.15, 0.2) is 70.0 Å². The van der Waals surface area contributed by atoms with Gasteiger partial charge < -0.3 is 9.15 Å². The Balaban J connectivity index is 1.49. The minimum Gasteiger partial charge on any atom is -0.496 e. The van der Waals surface area contributed by atoms with E-state index in [2.05, 4.69) is 20.4 Å². The molecule has 0 unspecified atom stereocenters. The molecule has 0 aliphatic heterocycles. The van der Waals surface area contributed by atoms with Crippen molar-refractivity contribution >= 4 is 33.3 Å². The molecular weight excluding hydrogens is 470 g/mol. The summed E-state index contributed by atoms with van der Waals surface area (Å²) in [6.07, 6.45) is 3.15. The molecule has 0 bridgehead atoms. The average molecular weight is 490 g/mol. The molecule has 10 nitrogen and oxygen atoms in total. The number of aromatic nitrogens is 5. The maximum atomic E-state index is 12.2. The van der Waals surface area contributed by atoms with Gasteiger partial charge in [-0.2, -0.15) is 8.42 Å². The molecule has 11 heteroatoms. The first-order chi connectivity index (χ1) is 16.8. The standard InChI is InChI=1S/C24H19N5O5S/c1-15-12-18-19(14-21(15)33-2)28-29(27-18)20-10-8-16(13-22(20)35(30,31)32)9-11-23-25-26-24(34-23)17-6-4-3-5-7-17/h3-14H,1-2H3,(H,30,31,32). The van der Waals surface area contributed by atoms with Crippen molar-refractivity contribution in [3.8, 4) is 22.9 Å². The number of nitrogens with zero attached hydrogens (tertiary/aromatic N) is 5. The molecule has 5 rings (SSSR count). The second-order valence-electron chi connectivity index (χ2n) is 7.65. The van der Waals surface area contributed by atoms with E-state index in [4.69, 9.17) is 9.15 Å². The summed E-state index contributed by atoms with van der Waals surface area (Å²) in [5, 5.41) is 16.7. The van der Waals surface area contributed by atoms with Crippen molar-refractivity contribution in [1.29, 1.82) is 0 Å². The Morgan fingerprint density at radius 1 is 0.971 bits per heavy atom. The predicted molar refractivity (Wildman–Crippen MR) is 129 cm³/mol. The Kier molecular flexibility index (Phi) is 5.63. The molecule has 0 aliphatic rings. The Bertz CT molecular complexity index is 1670. The van der Waals surface area contributed by atoms with E-state index in [0.717, 1.165) is 11.1 Å². The molecule has 1 N–H and O–H groups in total. The smallest absolute Gasteiger partial charge is 0.296 e. The molecule has 0 radical (unpaired) electrons. The topological polar surface area (TPSA) is 133 Å². The van der Waals surface area contributed by atoms with E-state index in [9.17, 15) is 13.0 Å². The largest absolute Gasteiger partial charge is 0.496 e. The molecule has 0 saturated carbocycles. The fourth-order valence-corrected chi connectivity index (χ4v) is 4.25. The first kappa shape index (κ1) is 22.4. The fourth-order valence-electron chi connectivity index (χ4n) is 3.55. The van der Waals surface area contributed by atoms with Gasteiger partial charge in [-0.05, 0) is 54.5 Å². The number of aryl methyl sites for hydroxylation is 1. The van der Waals surface area contributed by atoms with Gasteiger partial charge >= 0.3 is 0 Å². The molecule has 0 amide bonds. The molecule has 0 atom stereocenters. The number of fused-ring (bicyclic) bond motifs is 1. The molecular formula is C24H19N5O5S. The third kappa shape index (κ3) is 4.54. The van der Waals surface area contributed by atoms with E-state index in [1.165, 1.54) is 16.9 Å². The van der Waals surface area contributed by atoms with Gasteiger partial charge in [0, 0.05) is 17.7 Å². The van der Waals surface area contributed by atoms with E-state index < -0.39 is 10.1 Å². The van der Waals surface area contributed by atoms with Gasteiger partial charge in [0.2, 0.25) is 11.8 Å². The summed E-state index contributed by atoms with van der Waals surface area (Å²) in [6, 6.07) is 17.3. The monoisotopic (exact) mass is 489 g/mol. The maximum Gasteiger partial charge on any atom is 0.296 e. The summed E-state index contributed by atoms with van der Waals surface area (Å²) in [4.78, 5) is 0.823. The van der Waals surface area contributed by atoms with Crippen LogP contribution in [-0.4, -0.2) is 45.3 Å². The molecule has 2 aromatic heterocycles. The van der Waals surface area contributed by atoms with Crippen LogP contribution < -0.4 is 4.74 Å². The highest BCUT2D eigenvalue weighted by Crippen LogP contribution is 2.26. The van der Waals surface area contributed by atoms with Crippen LogP contribution in [-0.2, 0) is 10.1 Å². The number of hydrogen-bond donors (Lipinski definition) is 1. The molecule has 0 spiro atoms. The zero-order valence-corrected chi connectivity index (χ0v) is 19.5. The molecule has 35 heavy (non-hydrogen) atoms. The Morgan fingerprint density at radius 3 is 2.43 bits per heavy atom. The van der Waals surface area contributed by atoms with Gasteiger partial charge in [0.05, 0.1) is 7.11 Å². The van der Waals surface area contributed by atoms with Gasteiger partial charge in [0.25, 0.3) is 10.1 Å². The van der Waals surface area contributed by atoms with Gasteiger partial charge in [-0.3, -0.25) is 4.55 Å². The Labute approximate surface area is 200 Å². The fraction of sp³-hybridized carbons (Fsp3) is 0.0833. The van der Waals surface area contributed by atoms with Gasteiger partial charge in [0.1, 0.15) is 27.4 Å². The molecule has 176 valence electrons. The van der Waals surface area contributed by atoms with Crippen LogP contribution in [0.5, 0.6) is 5.75 Å². The lowest BCUT2D eigenvalue weighted by Gasteiger charge is -2.07. The van der Waals surface area contributed by atoms with Crippen LogP contribution in [0.25, 0.3) is 40.3 Å². The highest BCUT2D eigenvalue weighted by molar-refractivity contribution is 7.86. The first-order valence-electron chi connectivity index (χ1n) is 10.4. The van der Waals surface area contributed by atoms with Gasteiger partial charge in [0.15, 0.2) is 0 Å². The summed E-state index contributed by atoms with van der Waals surface area (Å²) in [5.41, 5.74) is 3.29. The predicted octanol–water partition coefficient (Wildman–Crippen LogP) is 4.20. The van der Waals surface area contributed by atoms with Crippen molar-refractivity contribution in [2.75, 3.05) is 7.11 Å². The first-order valence-corrected chi connectivity index (χ1v) is 11.9. The van der Waals surface area contributed by atoms with Gasteiger partial charge in [-0.15, -0.1) is 25.2 Å². The molecule has 2 heterocycles. The van der Waals surface area contributed by atoms with Crippen molar-refractivity contribution in [2.45, 2.75) is 11.8 Å². The minimum absolute atomic E-state index is 0.0987. The van der Waals surface area contributed by atoms with Crippen molar-refractivity contribution in [2.24, 2.45) is 0 Å². The van der Waals surface area contributed by atoms with E-state index in [1.54, 1.807) is 37.5 Å². The Morgan fingerprint density at radius 2 is 1.71 bits per heavy atom. The second-order valence-corrected chi connectivity index (χ2v) is 9.04. The van der Waals surface area contributed by atoms with Crippen LogP contribution >= 0.6 is 0 Å². The highest BCUT2D eigenvalue weighted by Gasteiger charge is 2.20. The van der Waals surface area contributed by atoms with Crippen LogP contribution in [0.1, 0.15) is 17.0 Å². The average Bonchev–Trinajstić information content (AvgIpc) is 3.49. The summed E-state index contributed by atoms with van der Waals surface area (Å²) >= 11 is 0. The third-order valence-corrected chi connectivity index (χ3v) is 6.14. The van der Waals surface area contributed by atoms with Crippen LogP contribution in [0.2, 0.25) is 0 Å². The highest BCUT2D eigenvalue weighted by atomic mass is 32.2. The van der Waals surface area contributed by atoms with Crippen LogP contribution in [0.3, 0.4) is 0 Å². The van der Waals surface area contributed by atoms with E-state index in [1.807, 2.05) is 37.3 Å². The second kappa shape index (κ2) is 8.78. The number of methoxy groups -OCH3 is 1. The number of rotatable bonds is 6. The third-order valence-electron chi connectivity index (χ3n) is 5.25. The lowest BCUT2D eigenvalue weighted by Crippen LogP contribution is -2.08. The quantitative estimate of drug-likeness (QED) is 0.348. The minimum atomic E-state index is -4.59. The van der Waals surface area contributed by atoms with Crippen LogP contribution in [0, 0.1) is 6.92 Å². The molecule has 0 saturated heterocycles. The lowest BCUT2D eigenvalue weighted by molar-refractivity contribution is 0.412. The van der Waals surface area contributed by atoms with E-state index in [0.29, 0.717) is 28.2 Å². The normalized spacial score (nSPS) is 12.0. The SMILES string of the molecule is COc1cc2nn(-c3ccc(C=Cc4nnc(-c5ccccc5)o4)cc3S(=O)(=O)O)nc2cc1C. The number of ether oxygens (including phenoxy) is 1. The molecule has 0 fully saturated rings. The van der Waals surface area contributed by atoms with Crippen molar-refractivity contribution < 1.29 is 22.1 Å². The van der Waals surface area contributed by atoms with Gasteiger partial charge in [-0.25, -0.2) is 0 Å². The number of benzene rings is 3. The van der Waals surface area contributed by atoms with Crippen molar-refractivity contribution in [1.82, 2.24) is 25.2 Å². The molecule has 3 aromatic carbocycles. The summed E-state index contributed by atoms with van der Waals surface area (Å²) in [6.45, 7) is 1.87. The summed E-state index contributed by atoms with van der Waals surface area (Å²) < 4.78 is 45.2. The van der Waals surface area contributed by atoms with E-state index >= 15 is 0 Å². The molecule has 0 aliphatic carbocycles. The van der Waals surface area contributed by atoms with E-state index in [-0.39, 0.29) is 16.5 Å². The summed E-state index contributed by atoms with van der Waals surface area (Å²) in [7, 11) is -3.03. The van der Waals surface area contributed by atoms with Crippen LogP contribution in [0.4, 0.5) is 0 Å².